The van der Waals surface area contributed by atoms with Gasteiger partial charge < -0.3 is 4.90 Å². The Balaban J connectivity index is 1.12. The summed E-state index contributed by atoms with van der Waals surface area (Å²) in [4.78, 5) is 2.42. The summed E-state index contributed by atoms with van der Waals surface area (Å²) in [5, 5.41) is 2.64. The van der Waals surface area contributed by atoms with Gasteiger partial charge in [-0.1, -0.05) is 133 Å². The van der Waals surface area contributed by atoms with Crippen molar-refractivity contribution < 1.29 is 0 Å². The second-order valence-electron chi connectivity index (χ2n) is 13.6. The second kappa shape index (κ2) is 10.9. The number of thiophene rings is 1. The summed E-state index contributed by atoms with van der Waals surface area (Å²) in [6, 6.07) is 69.7. The summed E-state index contributed by atoms with van der Waals surface area (Å²) < 4.78 is 2.66. The zero-order chi connectivity index (χ0) is 33.5. The summed E-state index contributed by atoms with van der Waals surface area (Å²) in [6.07, 6.45) is 0. The lowest BCUT2D eigenvalue weighted by molar-refractivity contribution is 0.793. The van der Waals surface area contributed by atoms with E-state index in [9.17, 15) is 0 Å². The first-order valence-electron chi connectivity index (χ1n) is 17.6. The first kappa shape index (κ1) is 28.6. The van der Waals surface area contributed by atoms with Crippen molar-refractivity contribution in [3.8, 4) is 33.4 Å². The van der Waals surface area contributed by atoms with E-state index < -0.39 is 5.41 Å². The monoisotopic (exact) mass is 665 g/mol. The maximum Gasteiger partial charge on any atom is 0.0726 e. The zero-order valence-electron chi connectivity index (χ0n) is 27.8. The average molecular weight is 666 g/mol. The molecule has 238 valence electrons. The largest absolute Gasteiger partial charge is 0.310 e. The number of hydrogen-bond acceptors (Lipinski definition) is 2. The lowest BCUT2D eigenvalue weighted by Gasteiger charge is -2.32. The first-order chi connectivity index (χ1) is 25.3. The zero-order valence-corrected chi connectivity index (χ0v) is 28.6. The lowest BCUT2D eigenvalue weighted by Crippen LogP contribution is -2.26. The van der Waals surface area contributed by atoms with Crippen LogP contribution in [0.15, 0.2) is 188 Å². The van der Waals surface area contributed by atoms with Crippen LogP contribution in [0.3, 0.4) is 0 Å². The van der Waals surface area contributed by atoms with E-state index in [2.05, 4.69) is 193 Å². The molecule has 0 radical (unpaired) electrons. The van der Waals surface area contributed by atoms with Gasteiger partial charge in [-0.2, -0.15) is 0 Å². The Bertz CT molecular complexity index is 2760. The van der Waals surface area contributed by atoms with Gasteiger partial charge in [-0.25, -0.2) is 0 Å². The minimum absolute atomic E-state index is 0.391. The molecule has 0 atom stereocenters. The third-order valence-electron chi connectivity index (χ3n) is 11.1. The second-order valence-corrected chi connectivity index (χ2v) is 14.7. The van der Waals surface area contributed by atoms with E-state index in [4.69, 9.17) is 0 Å². The molecule has 1 aromatic heterocycles. The summed E-state index contributed by atoms with van der Waals surface area (Å²) in [5.74, 6) is 0. The Morgan fingerprint density at radius 2 is 0.882 bits per heavy atom. The molecule has 0 fully saturated rings. The van der Waals surface area contributed by atoms with Gasteiger partial charge in [-0.05, 0) is 110 Å². The van der Waals surface area contributed by atoms with E-state index in [0.717, 1.165) is 17.1 Å². The molecule has 9 aromatic rings. The first-order valence-corrected chi connectivity index (χ1v) is 18.4. The van der Waals surface area contributed by atoms with E-state index >= 15 is 0 Å². The lowest BCUT2D eigenvalue weighted by atomic mass is 9.70. The molecule has 0 saturated heterocycles. The third-order valence-corrected chi connectivity index (χ3v) is 12.2. The maximum absolute atomic E-state index is 2.47. The summed E-state index contributed by atoms with van der Waals surface area (Å²) >= 11 is 1.86. The molecule has 11 rings (SSSR count). The quantitative estimate of drug-likeness (QED) is 0.181. The Morgan fingerprint density at radius 1 is 0.333 bits per heavy atom. The molecule has 0 bridgehead atoms. The van der Waals surface area contributed by atoms with Crippen LogP contribution in [0.5, 0.6) is 0 Å². The minimum atomic E-state index is -0.391. The molecule has 0 aliphatic heterocycles. The van der Waals surface area contributed by atoms with Crippen LogP contribution in [0.4, 0.5) is 17.1 Å². The number of nitrogens with zero attached hydrogens (tertiary/aromatic N) is 1. The molecule has 51 heavy (non-hydrogen) atoms. The molecule has 2 aliphatic rings. The predicted molar refractivity (Wildman–Crippen MR) is 216 cm³/mol. The van der Waals surface area contributed by atoms with Crippen LogP contribution < -0.4 is 4.90 Å². The van der Waals surface area contributed by atoms with Crippen molar-refractivity contribution in [1.29, 1.82) is 0 Å². The fourth-order valence-electron chi connectivity index (χ4n) is 8.98. The fraction of sp³-hybridized carbons (Fsp3) is 0.0204. The Kier molecular flexibility index (Phi) is 6.11. The van der Waals surface area contributed by atoms with Gasteiger partial charge in [0.2, 0.25) is 0 Å². The number of anilines is 3. The van der Waals surface area contributed by atoms with Gasteiger partial charge in [0.05, 0.1) is 5.41 Å². The van der Waals surface area contributed by atoms with Crippen molar-refractivity contribution in [1.82, 2.24) is 0 Å². The van der Waals surface area contributed by atoms with Crippen molar-refractivity contribution >= 4 is 48.6 Å². The van der Waals surface area contributed by atoms with Gasteiger partial charge in [-0.15, -0.1) is 11.3 Å². The standard InChI is InChI=1S/C49H31NS/c1-2-14-34(15-3-1)50(35-16-12-13-32(29-35)33-25-28-48-42(30-33)41-20-7-11-24-47(41)51-48)36-26-27-40-39-19-6-10-23-45(39)49(46(40)31-36)43-21-8-4-17-37(43)38-18-5-9-22-44(38)49/h1-31H. The van der Waals surface area contributed by atoms with E-state index in [1.54, 1.807) is 0 Å². The summed E-state index contributed by atoms with van der Waals surface area (Å²) in [7, 11) is 0. The molecule has 1 nitrogen and oxygen atoms in total. The molecule has 8 aromatic carbocycles. The normalized spacial score (nSPS) is 13.3. The SMILES string of the molecule is c1ccc(N(c2cccc(-c3ccc4sc5ccccc5c4c3)c2)c2ccc3c(c2)C2(c4ccccc4-c4ccccc42)c2ccccc2-3)cc1. The highest BCUT2D eigenvalue weighted by Crippen LogP contribution is 2.63. The number of rotatable bonds is 4. The number of hydrogen-bond donors (Lipinski definition) is 0. The van der Waals surface area contributed by atoms with Crippen molar-refractivity contribution in [2.24, 2.45) is 0 Å². The highest BCUT2D eigenvalue weighted by Gasteiger charge is 2.51. The Labute approximate surface area is 301 Å². The van der Waals surface area contributed by atoms with Gasteiger partial charge in [-0.3, -0.25) is 0 Å². The molecule has 0 saturated carbocycles. The van der Waals surface area contributed by atoms with Crippen molar-refractivity contribution in [3.05, 3.63) is 210 Å². The molecule has 2 aliphatic carbocycles. The van der Waals surface area contributed by atoms with Gasteiger partial charge in [0.1, 0.15) is 0 Å². The van der Waals surface area contributed by atoms with E-state index in [1.807, 2.05) is 11.3 Å². The van der Waals surface area contributed by atoms with E-state index in [1.165, 1.54) is 75.8 Å². The number of benzene rings is 8. The van der Waals surface area contributed by atoms with Crippen LogP contribution >= 0.6 is 11.3 Å². The van der Waals surface area contributed by atoms with Gasteiger partial charge in [0.15, 0.2) is 0 Å². The maximum atomic E-state index is 2.47. The van der Waals surface area contributed by atoms with Crippen molar-refractivity contribution in [3.63, 3.8) is 0 Å². The fourth-order valence-corrected chi connectivity index (χ4v) is 10.1. The minimum Gasteiger partial charge on any atom is -0.310 e. The molecule has 0 amide bonds. The Morgan fingerprint density at radius 3 is 1.61 bits per heavy atom. The van der Waals surface area contributed by atoms with Gasteiger partial charge >= 0.3 is 0 Å². The molecule has 1 spiro atoms. The van der Waals surface area contributed by atoms with Crippen LogP contribution in [-0.2, 0) is 5.41 Å². The smallest absolute Gasteiger partial charge is 0.0726 e. The summed E-state index contributed by atoms with van der Waals surface area (Å²) in [6.45, 7) is 0. The van der Waals surface area contributed by atoms with Crippen LogP contribution in [-0.4, -0.2) is 0 Å². The predicted octanol–water partition coefficient (Wildman–Crippen LogP) is 13.5. The van der Waals surface area contributed by atoms with Gasteiger partial charge in [0.25, 0.3) is 0 Å². The van der Waals surface area contributed by atoms with Crippen LogP contribution in [0, 0.1) is 0 Å². The van der Waals surface area contributed by atoms with Crippen LogP contribution in [0.2, 0.25) is 0 Å². The van der Waals surface area contributed by atoms with Crippen molar-refractivity contribution in [2.75, 3.05) is 4.90 Å². The Hall–Kier alpha value is -6.22. The molecular formula is C49H31NS. The topological polar surface area (TPSA) is 3.24 Å². The van der Waals surface area contributed by atoms with Crippen LogP contribution in [0.25, 0.3) is 53.6 Å². The van der Waals surface area contributed by atoms with E-state index in [0.29, 0.717) is 0 Å². The molecule has 1 heterocycles. The molecule has 0 N–H and O–H groups in total. The summed E-state index contributed by atoms with van der Waals surface area (Å²) in [5.41, 5.74) is 16.1. The average Bonchev–Trinajstić information content (AvgIpc) is 3.82. The van der Waals surface area contributed by atoms with Crippen molar-refractivity contribution in [2.45, 2.75) is 5.41 Å². The molecule has 0 unspecified atom stereocenters. The van der Waals surface area contributed by atoms with Gasteiger partial charge in [0, 0.05) is 37.2 Å². The van der Waals surface area contributed by atoms with Crippen LogP contribution in [0.1, 0.15) is 22.3 Å². The number of fused-ring (bicyclic) bond motifs is 13. The molecular weight excluding hydrogens is 635 g/mol. The van der Waals surface area contributed by atoms with E-state index in [-0.39, 0.29) is 0 Å². The third kappa shape index (κ3) is 4.03. The highest BCUT2D eigenvalue weighted by molar-refractivity contribution is 7.25. The molecule has 2 heteroatoms. The number of para-hydroxylation sites is 1. The highest BCUT2D eigenvalue weighted by atomic mass is 32.1.